The third-order valence-electron chi connectivity index (χ3n) is 4.33. The van der Waals surface area contributed by atoms with Crippen LogP contribution in [0.3, 0.4) is 0 Å². The molecule has 1 heterocycles. The van der Waals surface area contributed by atoms with Gasteiger partial charge in [0.1, 0.15) is 5.82 Å². The maximum absolute atomic E-state index is 14.3. The Morgan fingerprint density at radius 2 is 1.86 bits per heavy atom. The lowest BCUT2D eigenvalue weighted by atomic mass is 9.75. The number of carbonyl (C=O) groups excluding carboxylic acids is 2. The van der Waals surface area contributed by atoms with E-state index in [0.717, 1.165) is 0 Å². The van der Waals surface area contributed by atoms with Gasteiger partial charge in [-0.2, -0.15) is 0 Å². The molecule has 1 aromatic heterocycles. The van der Waals surface area contributed by atoms with Gasteiger partial charge in [-0.25, -0.2) is 4.39 Å². The van der Waals surface area contributed by atoms with Crippen LogP contribution >= 0.6 is 0 Å². The molecule has 29 heavy (non-hydrogen) atoms. The predicted octanol–water partition coefficient (Wildman–Crippen LogP) is 1.62. The van der Waals surface area contributed by atoms with Gasteiger partial charge in [-0.05, 0) is 30.5 Å². The average molecular weight is 401 g/mol. The summed E-state index contributed by atoms with van der Waals surface area (Å²) >= 11 is 0. The van der Waals surface area contributed by atoms with Crippen molar-refractivity contribution in [3.05, 3.63) is 65.7 Å². The summed E-state index contributed by atoms with van der Waals surface area (Å²) < 4.78 is 14.3. The first-order valence-corrected chi connectivity index (χ1v) is 9.38. The molecule has 0 spiro atoms. The number of amides is 2. The van der Waals surface area contributed by atoms with Gasteiger partial charge >= 0.3 is 7.12 Å². The first-order chi connectivity index (χ1) is 13.8. The maximum atomic E-state index is 14.3. The topological polar surface area (TPSA) is 112 Å². The fourth-order valence-electron chi connectivity index (χ4n) is 2.95. The van der Waals surface area contributed by atoms with E-state index >= 15 is 0 Å². The van der Waals surface area contributed by atoms with Crippen molar-refractivity contribution in [1.29, 1.82) is 0 Å². The summed E-state index contributed by atoms with van der Waals surface area (Å²) in [5, 5.41) is 24.2. The second-order valence-corrected chi connectivity index (χ2v) is 7.21. The van der Waals surface area contributed by atoms with E-state index in [4.69, 9.17) is 0 Å². The van der Waals surface area contributed by atoms with Gasteiger partial charge in [-0.3, -0.25) is 14.6 Å². The number of carbonyl (C=O) groups is 2. The highest BCUT2D eigenvalue weighted by Crippen LogP contribution is 2.21. The van der Waals surface area contributed by atoms with Crippen molar-refractivity contribution in [2.45, 2.75) is 38.7 Å². The van der Waals surface area contributed by atoms with Gasteiger partial charge in [0.05, 0.1) is 24.0 Å². The molecule has 1 aromatic carbocycles. The Balaban J connectivity index is 2.18. The fourth-order valence-corrected chi connectivity index (χ4v) is 2.95. The lowest BCUT2D eigenvalue weighted by Gasteiger charge is -2.23. The fraction of sp³-hybridized carbons (Fsp3) is 0.350. The molecule has 2 aromatic rings. The van der Waals surface area contributed by atoms with Crippen LogP contribution in [0.15, 0.2) is 48.8 Å². The highest BCUT2D eigenvalue weighted by molar-refractivity contribution is 6.43. The van der Waals surface area contributed by atoms with Gasteiger partial charge in [0.2, 0.25) is 5.91 Å². The second kappa shape index (κ2) is 10.7. The zero-order chi connectivity index (χ0) is 21.4. The van der Waals surface area contributed by atoms with Crippen LogP contribution in [0.5, 0.6) is 0 Å². The molecule has 0 bridgehead atoms. The predicted molar refractivity (Wildman–Crippen MR) is 107 cm³/mol. The first-order valence-electron chi connectivity index (χ1n) is 9.38. The second-order valence-electron chi connectivity index (χ2n) is 7.21. The zero-order valence-corrected chi connectivity index (χ0v) is 16.4. The highest BCUT2D eigenvalue weighted by Gasteiger charge is 2.28. The van der Waals surface area contributed by atoms with Crippen molar-refractivity contribution in [3.63, 3.8) is 0 Å². The molecular formula is C20H25BFN3O4. The van der Waals surface area contributed by atoms with Crippen molar-refractivity contribution >= 4 is 18.9 Å². The quantitative estimate of drug-likeness (QED) is 0.478. The van der Waals surface area contributed by atoms with Crippen molar-refractivity contribution < 1.29 is 24.0 Å². The minimum Gasteiger partial charge on any atom is -0.426 e. The van der Waals surface area contributed by atoms with Gasteiger partial charge in [-0.15, -0.1) is 0 Å². The number of pyridine rings is 1. The van der Waals surface area contributed by atoms with Gasteiger partial charge in [0.15, 0.2) is 0 Å². The molecule has 0 aliphatic heterocycles. The highest BCUT2D eigenvalue weighted by atomic mass is 19.1. The summed E-state index contributed by atoms with van der Waals surface area (Å²) in [6.45, 7) is 3.77. The number of nitrogens with zero attached hydrogens (tertiary/aromatic N) is 1. The minimum absolute atomic E-state index is 0.120. The third kappa shape index (κ3) is 6.96. The van der Waals surface area contributed by atoms with Gasteiger partial charge < -0.3 is 20.7 Å². The molecule has 0 saturated heterocycles. The lowest BCUT2D eigenvalue weighted by molar-refractivity contribution is -0.122. The van der Waals surface area contributed by atoms with E-state index < -0.39 is 36.7 Å². The number of benzene rings is 1. The number of nitrogens with one attached hydrogen (secondary N) is 2. The van der Waals surface area contributed by atoms with Crippen molar-refractivity contribution in [2.75, 3.05) is 0 Å². The Kier molecular flexibility index (Phi) is 8.29. The number of halogens is 1. The molecule has 0 fully saturated rings. The average Bonchev–Trinajstić information content (AvgIpc) is 2.67. The van der Waals surface area contributed by atoms with E-state index in [2.05, 4.69) is 15.6 Å². The van der Waals surface area contributed by atoms with E-state index in [1.165, 1.54) is 30.6 Å². The molecule has 0 aliphatic rings. The Bertz CT molecular complexity index is 820. The summed E-state index contributed by atoms with van der Waals surface area (Å²) in [6, 6.07) is 8.07. The molecule has 9 heteroatoms. The molecule has 0 saturated carbocycles. The van der Waals surface area contributed by atoms with Gasteiger partial charge in [0, 0.05) is 18.0 Å². The van der Waals surface area contributed by atoms with Crippen LogP contribution in [0.1, 0.15) is 48.7 Å². The molecule has 0 aliphatic carbocycles. The zero-order valence-electron chi connectivity index (χ0n) is 16.4. The Morgan fingerprint density at radius 3 is 2.45 bits per heavy atom. The number of hydrogen-bond acceptors (Lipinski definition) is 5. The molecule has 7 nitrogen and oxygen atoms in total. The van der Waals surface area contributed by atoms with Crippen molar-refractivity contribution in [3.8, 4) is 0 Å². The van der Waals surface area contributed by atoms with E-state index in [1.54, 1.807) is 18.2 Å². The third-order valence-corrected chi connectivity index (χ3v) is 4.33. The number of hydrogen-bond donors (Lipinski definition) is 4. The standard InChI is InChI=1S/C20H25BFN3O4/c1-13(2)10-18(21(28)29)25-19(26)11-17(15-7-3-4-8-16(15)22)24-20(27)14-6-5-9-23-12-14/h3-9,12-13,17-18,28-29H,10-11H2,1-2H3,(H,24,27)(H,25,26). The molecule has 2 rings (SSSR count). The molecule has 2 atom stereocenters. The lowest BCUT2D eigenvalue weighted by Crippen LogP contribution is -2.48. The van der Waals surface area contributed by atoms with Crippen LogP contribution in [-0.4, -0.2) is 39.9 Å². The van der Waals surface area contributed by atoms with Crippen molar-refractivity contribution in [2.24, 2.45) is 5.92 Å². The summed E-state index contributed by atoms with van der Waals surface area (Å²) in [6.07, 6.45) is 2.98. The van der Waals surface area contributed by atoms with E-state index in [-0.39, 0.29) is 23.5 Å². The van der Waals surface area contributed by atoms with Crippen LogP contribution < -0.4 is 10.6 Å². The SMILES string of the molecule is CC(C)CC(NC(=O)CC(NC(=O)c1cccnc1)c1ccccc1F)B(O)O. The van der Waals surface area contributed by atoms with E-state index in [9.17, 15) is 24.0 Å². The normalized spacial score (nSPS) is 12.9. The van der Waals surface area contributed by atoms with E-state index in [0.29, 0.717) is 6.42 Å². The van der Waals surface area contributed by atoms with Crippen molar-refractivity contribution in [1.82, 2.24) is 15.6 Å². The van der Waals surface area contributed by atoms with Crippen LogP contribution in [-0.2, 0) is 4.79 Å². The summed E-state index contributed by atoms with van der Waals surface area (Å²) in [5.74, 6) is -2.34. The monoisotopic (exact) mass is 401 g/mol. The van der Waals surface area contributed by atoms with Gasteiger partial charge in [0.25, 0.3) is 5.91 Å². The Labute approximate surface area is 169 Å². The maximum Gasteiger partial charge on any atom is 0.475 e. The first kappa shape index (κ1) is 22.5. The van der Waals surface area contributed by atoms with Crippen LogP contribution in [0.4, 0.5) is 4.39 Å². The summed E-state index contributed by atoms with van der Waals surface area (Å²) in [4.78, 5) is 28.9. The Hall–Kier alpha value is -2.78. The summed E-state index contributed by atoms with van der Waals surface area (Å²) in [7, 11) is -1.72. The molecule has 2 unspecified atom stereocenters. The Morgan fingerprint density at radius 1 is 1.14 bits per heavy atom. The van der Waals surface area contributed by atoms with Crippen LogP contribution in [0, 0.1) is 11.7 Å². The molecule has 154 valence electrons. The summed E-state index contributed by atoms with van der Waals surface area (Å²) in [5.41, 5.74) is 0.433. The van der Waals surface area contributed by atoms with Crippen LogP contribution in [0.25, 0.3) is 0 Å². The molecule has 2 amide bonds. The number of aromatic nitrogens is 1. The molecule has 0 radical (unpaired) electrons. The largest absolute Gasteiger partial charge is 0.475 e. The smallest absolute Gasteiger partial charge is 0.426 e. The van der Waals surface area contributed by atoms with E-state index in [1.807, 2.05) is 13.8 Å². The molecular weight excluding hydrogens is 376 g/mol. The van der Waals surface area contributed by atoms with Crippen LogP contribution in [0.2, 0.25) is 0 Å². The number of rotatable bonds is 9. The molecule has 4 N–H and O–H groups in total. The van der Waals surface area contributed by atoms with Gasteiger partial charge in [-0.1, -0.05) is 32.0 Å². The minimum atomic E-state index is -1.72.